The second-order valence-corrected chi connectivity index (χ2v) is 15.4. The van der Waals surface area contributed by atoms with Crippen molar-refractivity contribution in [2.24, 2.45) is 10.8 Å². The molecule has 3 aromatic carbocycles. The number of hydroxylamine groups is 1. The minimum Gasteiger partial charge on any atom is -0.384 e. The molecule has 14 heteroatoms. The molecule has 0 radical (unpaired) electrons. The number of piperidine rings is 1. The fourth-order valence-corrected chi connectivity index (χ4v) is 6.76. The van der Waals surface area contributed by atoms with Crippen molar-refractivity contribution in [1.82, 2.24) is 20.3 Å². The van der Waals surface area contributed by atoms with Gasteiger partial charge in [0.05, 0.1) is 24.3 Å². The zero-order valence-electron chi connectivity index (χ0n) is 32.7. The summed E-state index contributed by atoms with van der Waals surface area (Å²) in [7, 11) is 0. The van der Waals surface area contributed by atoms with Crippen LogP contribution in [0.2, 0.25) is 0 Å². The van der Waals surface area contributed by atoms with Crippen molar-refractivity contribution in [1.29, 1.82) is 0 Å². The van der Waals surface area contributed by atoms with Crippen LogP contribution in [0.15, 0.2) is 72.9 Å². The fraction of sp³-hybridized carbons (Fsp3) is 0.381. The van der Waals surface area contributed by atoms with Gasteiger partial charge in [0.25, 0.3) is 17.7 Å². The zero-order chi connectivity index (χ0) is 40.8. The Hall–Kier alpha value is -5.86. The van der Waals surface area contributed by atoms with Crippen LogP contribution in [-0.2, 0) is 25.7 Å². The lowest BCUT2D eigenvalue weighted by Crippen LogP contribution is -2.54. The third kappa shape index (κ3) is 9.50. The summed E-state index contributed by atoms with van der Waals surface area (Å²) in [6.45, 7) is 13.6. The minimum absolute atomic E-state index is 0.0483. The molecule has 0 aliphatic carbocycles. The van der Waals surface area contributed by atoms with Gasteiger partial charge in [-0.15, -0.1) is 0 Å². The predicted molar refractivity (Wildman–Crippen MR) is 211 cm³/mol. The molecule has 6 amide bonds. The van der Waals surface area contributed by atoms with E-state index in [2.05, 4.69) is 16.0 Å². The van der Waals surface area contributed by atoms with Crippen LogP contribution in [0.4, 0.5) is 11.4 Å². The number of hydrogen-bond acceptors (Lipinski definition) is 9. The smallest absolute Gasteiger partial charge is 0.274 e. The van der Waals surface area contributed by atoms with E-state index < -0.39 is 46.4 Å². The van der Waals surface area contributed by atoms with Gasteiger partial charge < -0.3 is 19.9 Å². The highest BCUT2D eigenvalue weighted by molar-refractivity contribution is 6.25. The van der Waals surface area contributed by atoms with Crippen LogP contribution in [-0.4, -0.2) is 75.9 Å². The number of imide groups is 2. The molecule has 1 unspecified atom stereocenters. The first-order valence-electron chi connectivity index (χ1n) is 18.7. The summed E-state index contributed by atoms with van der Waals surface area (Å²) < 4.78 is 8.12. The lowest BCUT2D eigenvalue weighted by molar-refractivity contribution is -0.136. The van der Waals surface area contributed by atoms with Crippen molar-refractivity contribution in [2.75, 3.05) is 30.4 Å². The molecule has 4 aromatic rings. The normalized spacial score (nSPS) is 15.6. The molecule has 6 rings (SSSR count). The number of benzene rings is 3. The van der Waals surface area contributed by atoms with E-state index in [9.17, 15) is 28.8 Å². The van der Waals surface area contributed by atoms with Crippen LogP contribution >= 0.6 is 0 Å². The van der Waals surface area contributed by atoms with Gasteiger partial charge in [0.15, 0.2) is 0 Å². The van der Waals surface area contributed by atoms with E-state index in [1.54, 1.807) is 35.8 Å². The first-order valence-corrected chi connectivity index (χ1v) is 18.7. The van der Waals surface area contributed by atoms with E-state index in [0.29, 0.717) is 43.2 Å². The van der Waals surface area contributed by atoms with Crippen LogP contribution in [0.5, 0.6) is 0 Å². The Labute approximate surface area is 325 Å². The molecule has 0 saturated carbocycles. The van der Waals surface area contributed by atoms with Gasteiger partial charge in [-0.05, 0) is 65.3 Å². The molecule has 1 aromatic heterocycles. The van der Waals surface area contributed by atoms with Crippen molar-refractivity contribution >= 4 is 57.7 Å². The first-order chi connectivity index (χ1) is 26.6. The predicted octanol–water partition coefficient (Wildman–Crippen LogP) is 5.75. The number of rotatable bonds is 14. The maximum atomic E-state index is 13.4. The zero-order valence-corrected chi connectivity index (χ0v) is 32.7. The highest BCUT2D eigenvalue weighted by Crippen LogP contribution is 2.33. The number of nitrogens with one attached hydrogen (secondary N) is 4. The lowest BCUT2D eigenvalue weighted by Gasteiger charge is -2.29. The van der Waals surface area contributed by atoms with Crippen LogP contribution in [0.25, 0.3) is 10.9 Å². The Morgan fingerprint density at radius 1 is 0.911 bits per heavy atom. The molecule has 14 nitrogen and oxygen atoms in total. The van der Waals surface area contributed by atoms with Crippen molar-refractivity contribution in [3.05, 3.63) is 95.2 Å². The van der Waals surface area contributed by atoms with E-state index in [1.807, 2.05) is 88.7 Å². The highest BCUT2D eigenvalue weighted by Gasteiger charge is 2.45. The Bertz CT molecular complexity index is 2140. The monoisotopic (exact) mass is 766 g/mol. The molecular weight excluding hydrogens is 716 g/mol. The number of ether oxygens (including phenoxy) is 1. The van der Waals surface area contributed by atoms with Crippen LogP contribution in [0, 0.1) is 10.8 Å². The Kier molecular flexibility index (Phi) is 12.8. The number of aromatic nitrogens is 1. The summed E-state index contributed by atoms with van der Waals surface area (Å²) in [4.78, 5) is 76.6. The molecule has 0 spiro atoms. The topological polar surface area (TPSA) is 188 Å². The summed E-state index contributed by atoms with van der Waals surface area (Å²) >= 11 is 0. The van der Waals surface area contributed by atoms with E-state index in [1.165, 1.54) is 0 Å². The number of carbonyl (C=O) groups is 6. The molecule has 3 heterocycles. The first kappa shape index (κ1) is 41.3. The van der Waals surface area contributed by atoms with Gasteiger partial charge in [0.1, 0.15) is 6.04 Å². The molecular formula is C42H50N6O8. The molecule has 5 N–H and O–H groups in total. The molecule has 296 valence electrons. The van der Waals surface area contributed by atoms with Crippen molar-refractivity contribution in [2.45, 2.75) is 73.4 Å². The average molecular weight is 767 g/mol. The van der Waals surface area contributed by atoms with Gasteiger partial charge in [-0.1, -0.05) is 65.8 Å². The summed E-state index contributed by atoms with van der Waals surface area (Å²) in [5.74, 6) is -2.94. The maximum Gasteiger partial charge on any atom is 0.274 e. The van der Waals surface area contributed by atoms with E-state index in [-0.39, 0.29) is 36.3 Å². The van der Waals surface area contributed by atoms with E-state index in [4.69, 9.17) is 9.94 Å². The summed E-state index contributed by atoms with van der Waals surface area (Å²) in [5, 5.41) is 18.4. The third-order valence-electron chi connectivity index (χ3n) is 9.58. The molecule has 56 heavy (non-hydrogen) atoms. The number of carbonyl (C=O) groups excluding carboxylic acids is 6. The summed E-state index contributed by atoms with van der Waals surface area (Å²) in [6, 6.07) is 18.6. The van der Waals surface area contributed by atoms with Gasteiger partial charge >= 0.3 is 0 Å². The van der Waals surface area contributed by atoms with E-state index >= 15 is 0 Å². The third-order valence-corrected chi connectivity index (χ3v) is 9.58. The molecule has 2 aliphatic rings. The van der Waals surface area contributed by atoms with Gasteiger partial charge in [-0.25, -0.2) is 5.48 Å². The lowest BCUT2D eigenvalue weighted by atomic mass is 9.89. The number of nitrogens with zero attached hydrogens (tertiary/aromatic N) is 2. The SMILES string of the molecule is CC.CC(C)(CNc1cccc2c1C(=O)N(C1CCC(=O)NC1=O)C2=O)COCC(C)(C)CC(=O)Nc1ccc(Cn2ccc3ccc(C(=O)NO)cc32)cc1. The van der Waals surface area contributed by atoms with Crippen molar-refractivity contribution in [3.63, 3.8) is 0 Å². The molecule has 1 saturated heterocycles. The van der Waals surface area contributed by atoms with Gasteiger partial charge in [-0.2, -0.15) is 0 Å². The number of anilines is 2. The quantitative estimate of drug-likeness (QED) is 0.0606. The highest BCUT2D eigenvalue weighted by atomic mass is 16.5. The van der Waals surface area contributed by atoms with Gasteiger partial charge in [0, 0.05) is 60.0 Å². The molecule has 0 bridgehead atoms. The van der Waals surface area contributed by atoms with Gasteiger partial charge in [0.2, 0.25) is 17.7 Å². The summed E-state index contributed by atoms with van der Waals surface area (Å²) in [5.41, 5.74) is 4.54. The number of amides is 6. The second-order valence-electron chi connectivity index (χ2n) is 15.4. The Morgan fingerprint density at radius 2 is 1.62 bits per heavy atom. The fourth-order valence-electron chi connectivity index (χ4n) is 6.76. The molecule has 1 atom stereocenters. The largest absolute Gasteiger partial charge is 0.384 e. The van der Waals surface area contributed by atoms with Crippen LogP contribution in [0.1, 0.15) is 97.4 Å². The van der Waals surface area contributed by atoms with Crippen molar-refractivity contribution in [3.8, 4) is 0 Å². The standard InChI is InChI=1S/C40H44N6O8.C2H6/c1-39(2,19-33(48)42-27-12-8-24(9-13-27)20-45-17-16-25-10-11-26(18-31(25)45)35(49)44-53)22-54-23-40(3,4)21-41-29-7-5-6-28-34(29)38(52)46(37(28)51)30-14-15-32(47)43-36(30)50;1-2/h5-13,16-18,30,41,53H,14-15,19-23H2,1-4H3,(H,42,48)(H,44,49)(H,43,47,50);1-2H3. The Morgan fingerprint density at radius 3 is 2.32 bits per heavy atom. The Balaban J connectivity index is 0.00000295. The number of fused-ring (bicyclic) bond motifs is 2. The average Bonchev–Trinajstić information content (AvgIpc) is 3.68. The molecule has 1 fully saturated rings. The van der Waals surface area contributed by atoms with E-state index in [0.717, 1.165) is 21.4 Å². The van der Waals surface area contributed by atoms with Gasteiger partial charge in [-0.3, -0.25) is 44.2 Å². The molecule has 2 aliphatic heterocycles. The maximum absolute atomic E-state index is 13.4. The van der Waals surface area contributed by atoms with Crippen LogP contribution in [0.3, 0.4) is 0 Å². The number of hydrogen-bond donors (Lipinski definition) is 5. The minimum atomic E-state index is -1.04. The summed E-state index contributed by atoms with van der Waals surface area (Å²) in [6.07, 6.45) is 2.29. The second kappa shape index (κ2) is 17.3. The van der Waals surface area contributed by atoms with Crippen LogP contribution < -0.4 is 21.4 Å². The van der Waals surface area contributed by atoms with Crippen molar-refractivity contribution < 1.29 is 38.7 Å².